The molecule has 6 rings (SSSR count). The van der Waals surface area contributed by atoms with Gasteiger partial charge in [0.2, 0.25) is 0 Å². The van der Waals surface area contributed by atoms with E-state index in [2.05, 4.69) is 36.9 Å². The van der Waals surface area contributed by atoms with Gasteiger partial charge in [0, 0.05) is 50.3 Å². The first-order chi connectivity index (χ1) is 18.0. The van der Waals surface area contributed by atoms with Crippen molar-refractivity contribution < 1.29 is 14.2 Å². The van der Waals surface area contributed by atoms with Crippen molar-refractivity contribution in [3.8, 4) is 17.0 Å². The van der Waals surface area contributed by atoms with Crippen molar-refractivity contribution in [2.24, 2.45) is 17.8 Å². The Kier molecular flexibility index (Phi) is 6.22. The highest BCUT2D eigenvalue weighted by Gasteiger charge is 2.40. The molecule has 0 saturated carbocycles. The molecule has 2 unspecified atom stereocenters. The van der Waals surface area contributed by atoms with Crippen LogP contribution in [0.25, 0.3) is 11.3 Å². The van der Waals surface area contributed by atoms with Crippen molar-refractivity contribution in [3.63, 3.8) is 0 Å². The summed E-state index contributed by atoms with van der Waals surface area (Å²) in [5.41, 5.74) is 11.3. The predicted molar refractivity (Wildman–Crippen MR) is 140 cm³/mol. The van der Waals surface area contributed by atoms with Crippen molar-refractivity contribution in [3.05, 3.63) is 41.7 Å². The van der Waals surface area contributed by atoms with E-state index in [1.54, 1.807) is 18.0 Å². The van der Waals surface area contributed by atoms with E-state index in [-0.39, 0.29) is 6.10 Å². The average molecular weight is 508 g/mol. The van der Waals surface area contributed by atoms with Gasteiger partial charge in [-0.15, -0.1) is 0 Å². The fraction of sp³-hybridized carbons (Fsp3) is 0.480. The fourth-order valence-electron chi connectivity index (χ4n) is 5.15. The molecule has 12 nitrogen and oxygen atoms in total. The molecule has 2 atom stereocenters. The summed E-state index contributed by atoms with van der Waals surface area (Å²) in [6.45, 7) is 4.39. The highest BCUT2D eigenvalue weighted by atomic mass is 16.5. The van der Waals surface area contributed by atoms with Crippen LogP contribution in [0.1, 0.15) is 24.0 Å². The molecule has 0 amide bonds. The number of morpholine rings is 1. The Morgan fingerprint density at radius 2 is 2.11 bits per heavy atom. The molecule has 3 aromatic rings. The van der Waals surface area contributed by atoms with Crippen LogP contribution in [0, 0.1) is 0 Å². The molecule has 2 aromatic heterocycles. The molecule has 3 aliphatic heterocycles. The summed E-state index contributed by atoms with van der Waals surface area (Å²) >= 11 is 0. The van der Waals surface area contributed by atoms with Gasteiger partial charge in [-0.25, -0.2) is 0 Å². The van der Waals surface area contributed by atoms with Gasteiger partial charge in [0.05, 0.1) is 56.0 Å². The highest BCUT2D eigenvalue weighted by molar-refractivity contribution is 6.09. The summed E-state index contributed by atoms with van der Waals surface area (Å²) in [5.74, 6) is 0.694. The Morgan fingerprint density at radius 3 is 2.84 bits per heavy atom. The summed E-state index contributed by atoms with van der Waals surface area (Å²) in [6, 6.07) is 6.06. The van der Waals surface area contributed by atoms with Gasteiger partial charge >= 0.3 is 0 Å². The molecule has 5 N–H and O–H groups in total. The van der Waals surface area contributed by atoms with Crippen LogP contribution in [0.4, 0.5) is 11.5 Å². The minimum atomic E-state index is -1.21. The third kappa shape index (κ3) is 4.52. The molecule has 37 heavy (non-hydrogen) atoms. The van der Waals surface area contributed by atoms with E-state index < -0.39 is 5.79 Å². The molecule has 2 fully saturated rings. The number of aromatic nitrogens is 4. The van der Waals surface area contributed by atoms with Crippen molar-refractivity contribution in [2.75, 3.05) is 56.8 Å². The number of hydrogen-bond acceptors (Lipinski definition) is 9. The van der Waals surface area contributed by atoms with Crippen LogP contribution < -0.4 is 26.0 Å². The van der Waals surface area contributed by atoms with Gasteiger partial charge in [-0.3, -0.25) is 20.5 Å². The third-order valence-electron chi connectivity index (χ3n) is 7.09. The quantitative estimate of drug-likeness (QED) is 0.389. The number of ether oxygens (including phenoxy) is 3. The minimum absolute atomic E-state index is 0.0934. The Labute approximate surface area is 215 Å². The van der Waals surface area contributed by atoms with Crippen molar-refractivity contribution in [2.45, 2.75) is 24.7 Å². The van der Waals surface area contributed by atoms with Gasteiger partial charge in [-0.05, 0) is 25.0 Å². The first-order valence-corrected chi connectivity index (χ1v) is 12.6. The monoisotopic (exact) mass is 507 g/mol. The third-order valence-corrected chi connectivity index (χ3v) is 7.09. The van der Waals surface area contributed by atoms with E-state index in [0.717, 1.165) is 60.6 Å². The zero-order valence-electron chi connectivity index (χ0n) is 21.2. The lowest BCUT2D eigenvalue weighted by atomic mass is 10.0. The number of aromatic amines is 1. The Hall–Kier alpha value is -3.61. The maximum absolute atomic E-state index is 7.01. The van der Waals surface area contributed by atoms with Crippen molar-refractivity contribution in [1.29, 1.82) is 0 Å². The topological polar surface area (TPSA) is 140 Å². The molecule has 12 heteroatoms. The number of nitrogens with two attached hydrogens (primary N) is 1. The van der Waals surface area contributed by atoms with Crippen LogP contribution in [-0.2, 0) is 22.3 Å². The lowest BCUT2D eigenvalue weighted by Gasteiger charge is -2.38. The van der Waals surface area contributed by atoms with Crippen LogP contribution in [0.3, 0.4) is 0 Å². The van der Waals surface area contributed by atoms with Gasteiger partial charge in [0.1, 0.15) is 11.6 Å². The molecule has 0 spiro atoms. The average Bonchev–Trinajstić information content (AvgIpc) is 3.68. The summed E-state index contributed by atoms with van der Waals surface area (Å²) < 4.78 is 18.9. The highest BCUT2D eigenvalue weighted by Crippen LogP contribution is 2.37. The van der Waals surface area contributed by atoms with Crippen molar-refractivity contribution >= 4 is 17.3 Å². The Bertz CT molecular complexity index is 1290. The summed E-state index contributed by atoms with van der Waals surface area (Å²) in [5, 5.41) is 18.9. The number of H-pyrrole nitrogens is 1. The smallest absolute Gasteiger partial charge is 0.195 e. The van der Waals surface area contributed by atoms with Crippen LogP contribution in [0.15, 0.2) is 35.6 Å². The summed E-state index contributed by atoms with van der Waals surface area (Å²) in [7, 11) is 3.54. The zero-order chi connectivity index (χ0) is 25.4. The maximum atomic E-state index is 7.01. The van der Waals surface area contributed by atoms with E-state index >= 15 is 0 Å². The van der Waals surface area contributed by atoms with Crippen LogP contribution in [-0.4, -0.2) is 78.5 Å². The molecule has 0 aliphatic carbocycles. The number of methoxy groups -OCH3 is 1. The Balaban J connectivity index is 1.38. The number of nitrogens with zero attached hydrogens (tertiary/aromatic N) is 5. The molecule has 1 aromatic carbocycles. The molecule has 2 saturated heterocycles. The molecule has 5 heterocycles. The lowest BCUT2D eigenvalue weighted by molar-refractivity contribution is 0.117. The van der Waals surface area contributed by atoms with E-state index in [0.29, 0.717) is 37.2 Å². The second-order valence-corrected chi connectivity index (χ2v) is 9.59. The van der Waals surface area contributed by atoms with Crippen LogP contribution in [0.5, 0.6) is 5.75 Å². The molecule has 0 bridgehead atoms. The van der Waals surface area contributed by atoms with Gasteiger partial charge in [-0.1, -0.05) is 0 Å². The Morgan fingerprint density at radius 1 is 1.24 bits per heavy atom. The van der Waals surface area contributed by atoms with E-state index in [1.807, 2.05) is 25.4 Å². The first-order valence-electron chi connectivity index (χ1n) is 12.6. The fourth-order valence-corrected chi connectivity index (χ4v) is 5.15. The summed E-state index contributed by atoms with van der Waals surface area (Å²) in [6.07, 6.45) is 5.87. The number of nitrogens with one attached hydrogen (secondary N) is 3. The number of rotatable bonds is 6. The number of benzene rings is 1. The number of fused-ring (bicyclic) bond motifs is 1. The normalized spacial score (nSPS) is 24.6. The minimum Gasteiger partial charge on any atom is -0.496 e. The second kappa shape index (κ2) is 9.69. The van der Waals surface area contributed by atoms with E-state index in [9.17, 15) is 0 Å². The van der Waals surface area contributed by atoms with Gasteiger partial charge < -0.3 is 29.7 Å². The lowest BCUT2D eigenvalue weighted by Crippen LogP contribution is -2.61. The standard InChI is InChI=1S/C25H33N9O3/c1-33-15-16(13-28-33)22-21-23(27-14-18-4-3-9-37-18)29-25(26,30-24(21)32-31-22)19-6-5-17(12-20(19)35-2)34-7-10-36-11-8-34/h5-6,12-13,15,18H,3-4,7-11,14,26H2,1-2H3,(H,27,29)(H2,30,31,32). The van der Waals surface area contributed by atoms with Gasteiger partial charge in [-0.2, -0.15) is 10.2 Å². The SMILES string of the molecule is COc1cc(N2CCOCC2)ccc1C1(N)NC(=NCC2CCCO2)c2c(n[nH]c2-c2cnn(C)c2)N1. The number of amidine groups is 1. The molecule has 3 aliphatic rings. The molecule has 196 valence electrons. The zero-order valence-corrected chi connectivity index (χ0v) is 21.2. The van der Waals surface area contributed by atoms with Crippen LogP contribution in [0.2, 0.25) is 0 Å². The van der Waals surface area contributed by atoms with Gasteiger partial charge in [0.25, 0.3) is 0 Å². The van der Waals surface area contributed by atoms with Crippen molar-refractivity contribution in [1.82, 2.24) is 25.3 Å². The van der Waals surface area contributed by atoms with E-state index in [4.69, 9.17) is 24.9 Å². The molecular weight excluding hydrogens is 474 g/mol. The number of aliphatic imine (C=N–C) groups is 1. The maximum Gasteiger partial charge on any atom is 0.195 e. The number of aryl methyl sites for hydroxylation is 1. The predicted octanol–water partition coefficient (Wildman–Crippen LogP) is 1.37. The number of anilines is 2. The molecule has 0 radical (unpaired) electrons. The van der Waals surface area contributed by atoms with Crippen LogP contribution >= 0.6 is 0 Å². The first kappa shape index (κ1) is 23.8. The largest absolute Gasteiger partial charge is 0.496 e. The van der Waals surface area contributed by atoms with Gasteiger partial charge in [0.15, 0.2) is 11.6 Å². The summed E-state index contributed by atoms with van der Waals surface area (Å²) in [4.78, 5) is 7.23. The number of hydrogen-bond donors (Lipinski definition) is 4. The molecular formula is C25H33N9O3. The van der Waals surface area contributed by atoms with E-state index in [1.165, 1.54) is 0 Å². The second-order valence-electron chi connectivity index (χ2n) is 9.59.